The quantitative estimate of drug-likeness (QED) is 0.813. The van der Waals surface area contributed by atoms with Crippen LogP contribution in [0.4, 0.5) is 0 Å². The summed E-state index contributed by atoms with van der Waals surface area (Å²) in [6.07, 6.45) is 6.48. The highest BCUT2D eigenvalue weighted by Crippen LogP contribution is 2.38. The van der Waals surface area contributed by atoms with Crippen LogP contribution in [0.1, 0.15) is 56.0 Å². The maximum atomic E-state index is 3.78. The van der Waals surface area contributed by atoms with E-state index >= 15 is 0 Å². The van der Waals surface area contributed by atoms with Crippen molar-refractivity contribution >= 4 is 27.3 Å². The summed E-state index contributed by atoms with van der Waals surface area (Å²) in [6, 6.07) is 2.92. The first-order valence-electron chi connectivity index (χ1n) is 6.76. The Bertz CT molecular complexity index is 357. The number of fused-ring (bicyclic) bond motifs is 1. The lowest BCUT2D eigenvalue weighted by Gasteiger charge is -2.25. The van der Waals surface area contributed by atoms with Gasteiger partial charge in [-0.3, -0.25) is 0 Å². The molecular weight excluding hydrogens is 294 g/mol. The van der Waals surface area contributed by atoms with Crippen LogP contribution in [-0.4, -0.2) is 6.54 Å². The van der Waals surface area contributed by atoms with Gasteiger partial charge in [-0.15, -0.1) is 11.3 Å². The van der Waals surface area contributed by atoms with Gasteiger partial charge in [-0.05, 0) is 59.3 Å². The van der Waals surface area contributed by atoms with Gasteiger partial charge in [0.25, 0.3) is 0 Å². The smallest absolute Gasteiger partial charge is 0.0704 e. The van der Waals surface area contributed by atoms with Gasteiger partial charge in [0.2, 0.25) is 0 Å². The van der Waals surface area contributed by atoms with Crippen molar-refractivity contribution in [2.24, 2.45) is 5.92 Å². The van der Waals surface area contributed by atoms with Crippen molar-refractivity contribution < 1.29 is 0 Å². The molecule has 1 nitrogen and oxygen atoms in total. The van der Waals surface area contributed by atoms with Crippen LogP contribution in [0.15, 0.2) is 9.85 Å². The highest BCUT2D eigenvalue weighted by molar-refractivity contribution is 9.11. The highest BCUT2D eigenvalue weighted by Gasteiger charge is 2.22. The van der Waals surface area contributed by atoms with E-state index < -0.39 is 0 Å². The Morgan fingerprint density at radius 1 is 1.47 bits per heavy atom. The minimum Gasteiger partial charge on any atom is -0.310 e. The molecule has 0 radical (unpaired) electrons. The molecule has 1 aromatic rings. The van der Waals surface area contributed by atoms with E-state index in [0.717, 1.165) is 5.92 Å². The summed E-state index contributed by atoms with van der Waals surface area (Å²) in [4.78, 5) is 1.59. The topological polar surface area (TPSA) is 12.0 Å². The van der Waals surface area contributed by atoms with Crippen molar-refractivity contribution in [3.05, 3.63) is 20.3 Å². The van der Waals surface area contributed by atoms with Crippen molar-refractivity contribution in [2.75, 3.05) is 6.54 Å². The standard InChI is InChI=1S/C14H22BrNS/c1-3-10(4-2)9-16-12-6-5-7-13-11(12)8-14(15)17-13/h8,10,12,16H,3-7,9H2,1-2H3. The number of hydrogen-bond acceptors (Lipinski definition) is 2. The summed E-state index contributed by atoms with van der Waals surface area (Å²) in [5.74, 6) is 0.836. The maximum absolute atomic E-state index is 3.78. The van der Waals surface area contributed by atoms with Gasteiger partial charge in [-0.2, -0.15) is 0 Å². The predicted octanol–water partition coefficient (Wildman–Crippen LogP) is 4.91. The molecule has 1 aromatic heterocycles. The number of nitrogens with one attached hydrogen (secondary N) is 1. The molecule has 3 heteroatoms. The number of thiophene rings is 1. The van der Waals surface area contributed by atoms with Crippen molar-refractivity contribution in [1.29, 1.82) is 0 Å². The summed E-state index contributed by atoms with van der Waals surface area (Å²) in [7, 11) is 0. The monoisotopic (exact) mass is 315 g/mol. The Kier molecular flexibility index (Phi) is 5.07. The molecule has 0 spiro atoms. The molecule has 1 N–H and O–H groups in total. The molecule has 1 heterocycles. The molecule has 17 heavy (non-hydrogen) atoms. The Hall–Kier alpha value is 0.140. The van der Waals surface area contributed by atoms with Gasteiger partial charge in [0.15, 0.2) is 0 Å². The minimum atomic E-state index is 0.599. The van der Waals surface area contributed by atoms with Crippen LogP contribution >= 0.6 is 27.3 Å². The third kappa shape index (κ3) is 3.33. The number of aryl methyl sites for hydroxylation is 1. The fourth-order valence-corrected chi connectivity index (χ4v) is 4.44. The van der Waals surface area contributed by atoms with E-state index in [4.69, 9.17) is 0 Å². The second-order valence-corrected chi connectivity index (χ2v) is 7.48. The van der Waals surface area contributed by atoms with Crippen LogP contribution in [0.5, 0.6) is 0 Å². The molecule has 0 saturated heterocycles. The second kappa shape index (κ2) is 6.35. The molecule has 1 atom stereocenters. The summed E-state index contributed by atoms with van der Waals surface area (Å²) in [5, 5.41) is 3.78. The van der Waals surface area contributed by atoms with E-state index in [9.17, 15) is 0 Å². The summed E-state index contributed by atoms with van der Waals surface area (Å²) in [6.45, 7) is 5.76. The average molecular weight is 316 g/mol. The molecule has 1 aliphatic rings. The predicted molar refractivity (Wildman–Crippen MR) is 79.8 cm³/mol. The third-order valence-electron chi connectivity index (χ3n) is 3.89. The Labute approximate surface area is 117 Å². The lowest BCUT2D eigenvalue weighted by Crippen LogP contribution is -2.29. The van der Waals surface area contributed by atoms with Gasteiger partial charge in [0.05, 0.1) is 3.79 Å². The summed E-state index contributed by atoms with van der Waals surface area (Å²) >= 11 is 5.53. The van der Waals surface area contributed by atoms with Gasteiger partial charge in [0, 0.05) is 10.9 Å². The van der Waals surface area contributed by atoms with Gasteiger partial charge in [-0.1, -0.05) is 26.7 Å². The number of hydrogen-bond donors (Lipinski definition) is 1. The van der Waals surface area contributed by atoms with Gasteiger partial charge >= 0.3 is 0 Å². The summed E-state index contributed by atoms with van der Waals surface area (Å²) in [5.41, 5.74) is 1.55. The zero-order valence-electron chi connectivity index (χ0n) is 10.8. The Morgan fingerprint density at radius 3 is 2.94 bits per heavy atom. The van der Waals surface area contributed by atoms with Crippen molar-refractivity contribution in [1.82, 2.24) is 5.32 Å². The second-order valence-electron chi connectivity index (χ2n) is 4.96. The van der Waals surface area contributed by atoms with E-state index in [0.29, 0.717) is 6.04 Å². The van der Waals surface area contributed by atoms with Gasteiger partial charge in [0.1, 0.15) is 0 Å². The van der Waals surface area contributed by atoms with Crippen LogP contribution in [-0.2, 0) is 6.42 Å². The lowest BCUT2D eigenvalue weighted by atomic mass is 9.93. The number of rotatable bonds is 5. The first kappa shape index (κ1) is 13.6. The zero-order chi connectivity index (χ0) is 12.3. The minimum absolute atomic E-state index is 0.599. The molecule has 1 unspecified atom stereocenters. The van der Waals surface area contributed by atoms with Crippen molar-refractivity contribution in [2.45, 2.75) is 52.0 Å². The molecule has 96 valence electrons. The maximum Gasteiger partial charge on any atom is 0.0704 e. The molecule has 0 fully saturated rings. The molecule has 1 aliphatic carbocycles. The first-order chi connectivity index (χ1) is 8.24. The Balaban J connectivity index is 1.98. The molecule has 0 saturated carbocycles. The fraction of sp³-hybridized carbons (Fsp3) is 0.714. The van der Waals surface area contributed by atoms with Gasteiger partial charge in [-0.25, -0.2) is 0 Å². The molecule has 0 aliphatic heterocycles. The fourth-order valence-electron chi connectivity index (χ4n) is 2.62. The SMILES string of the molecule is CCC(CC)CNC1CCCc2sc(Br)cc21. The molecule has 0 aromatic carbocycles. The molecule has 2 rings (SSSR count). The lowest BCUT2D eigenvalue weighted by molar-refractivity contribution is 0.387. The molecule has 0 bridgehead atoms. The third-order valence-corrected chi connectivity index (χ3v) is 5.60. The van der Waals surface area contributed by atoms with Crippen LogP contribution in [0.3, 0.4) is 0 Å². The molecule has 0 amide bonds. The Morgan fingerprint density at radius 2 is 2.24 bits per heavy atom. The summed E-state index contributed by atoms with van der Waals surface area (Å²) < 4.78 is 1.29. The largest absolute Gasteiger partial charge is 0.310 e. The van der Waals surface area contributed by atoms with E-state index in [1.807, 2.05) is 11.3 Å². The van der Waals surface area contributed by atoms with Crippen molar-refractivity contribution in [3.8, 4) is 0 Å². The van der Waals surface area contributed by atoms with Crippen molar-refractivity contribution in [3.63, 3.8) is 0 Å². The first-order valence-corrected chi connectivity index (χ1v) is 8.37. The van der Waals surface area contributed by atoms with Crippen LogP contribution in [0.2, 0.25) is 0 Å². The number of halogens is 1. The normalized spacial score (nSPS) is 19.6. The van der Waals surface area contributed by atoms with Crippen LogP contribution in [0, 0.1) is 5.92 Å². The van der Waals surface area contributed by atoms with E-state index in [1.54, 1.807) is 10.4 Å². The average Bonchev–Trinajstić information content (AvgIpc) is 2.71. The van der Waals surface area contributed by atoms with E-state index in [1.165, 1.54) is 42.4 Å². The van der Waals surface area contributed by atoms with Crippen LogP contribution < -0.4 is 5.32 Å². The van der Waals surface area contributed by atoms with E-state index in [-0.39, 0.29) is 0 Å². The van der Waals surface area contributed by atoms with Crippen LogP contribution in [0.25, 0.3) is 0 Å². The highest BCUT2D eigenvalue weighted by atomic mass is 79.9. The van der Waals surface area contributed by atoms with E-state index in [2.05, 4.69) is 41.2 Å². The molecular formula is C14H22BrNS. The van der Waals surface area contributed by atoms with Gasteiger partial charge < -0.3 is 5.32 Å². The zero-order valence-corrected chi connectivity index (χ0v) is 13.2.